The van der Waals surface area contributed by atoms with Crippen molar-refractivity contribution in [3.05, 3.63) is 45.6 Å². The van der Waals surface area contributed by atoms with Crippen LogP contribution in [0.4, 0.5) is 5.82 Å². The number of benzene rings is 1. The predicted molar refractivity (Wildman–Crippen MR) is 95.5 cm³/mol. The first kappa shape index (κ1) is 18.6. The average Bonchev–Trinajstić information content (AvgIpc) is 2.91. The van der Waals surface area contributed by atoms with E-state index in [4.69, 9.17) is 27.7 Å². The summed E-state index contributed by atoms with van der Waals surface area (Å²) in [7, 11) is 0. The van der Waals surface area contributed by atoms with Crippen molar-refractivity contribution < 1.29 is 14.1 Å². The number of nitrogens with one attached hydrogen (secondary N) is 2. The molecule has 1 aromatic carbocycles. The monoisotopic (exact) mass is 387 g/mol. The number of halogens is 2. The zero-order valence-corrected chi connectivity index (χ0v) is 15.1. The number of anilines is 1. The predicted octanol–water partition coefficient (Wildman–Crippen LogP) is 3.28. The molecule has 1 aromatic heterocycles. The van der Waals surface area contributed by atoms with Crippen molar-refractivity contribution in [3.63, 3.8) is 0 Å². The standard InChI is InChI=1S/C15H15Cl2N3O3S/c1-9-4-13(20-23-9)19-15(22)8-24-7-14(21)18-6-10-2-3-11(16)5-12(10)17/h2-5H,6-8H2,1H3,(H,18,21)(H,19,20,22). The van der Waals surface area contributed by atoms with Gasteiger partial charge in [0.1, 0.15) is 5.76 Å². The topological polar surface area (TPSA) is 84.2 Å². The highest BCUT2D eigenvalue weighted by atomic mass is 35.5. The molecule has 2 rings (SSSR count). The van der Waals surface area contributed by atoms with E-state index in [0.717, 1.165) is 5.56 Å². The van der Waals surface area contributed by atoms with Gasteiger partial charge in [-0.15, -0.1) is 11.8 Å². The van der Waals surface area contributed by atoms with Crippen molar-refractivity contribution in [2.75, 3.05) is 16.8 Å². The minimum absolute atomic E-state index is 0.140. The number of hydrogen-bond donors (Lipinski definition) is 2. The zero-order chi connectivity index (χ0) is 17.5. The Balaban J connectivity index is 1.66. The molecule has 9 heteroatoms. The second-order valence-electron chi connectivity index (χ2n) is 4.88. The molecule has 2 amide bonds. The Morgan fingerprint density at radius 2 is 1.96 bits per heavy atom. The number of carbonyl (C=O) groups is 2. The van der Waals surface area contributed by atoms with Crippen molar-refractivity contribution in [2.24, 2.45) is 0 Å². The van der Waals surface area contributed by atoms with Gasteiger partial charge < -0.3 is 15.2 Å². The molecule has 0 aliphatic heterocycles. The van der Waals surface area contributed by atoms with Crippen LogP contribution in [0, 0.1) is 6.92 Å². The van der Waals surface area contributed by atoms with E-state index in [1.165, 1.54) is 11.8 Å². The van der Waals surface area contributed by atoms with Crippen LogP contribution in [0.15, 0.2) is 28.8 Å². The molecule has 1 heterocycles. The van der Waals surface area contributed by atoms with Crippen LogP contribution in [-0.2, 0) is 16.1 Å². The number of carbonyl (C=O) groups excluding carboxylic acids is 2. The van der Waals surface area contributed by atoms with Gasteiger partial charge in [-0.1, -0.05) is 34.4 Å². The molecule has 0 saturated carbocycles. The van der Waals surface area contributed by atoms with Crippen molar-refractivity contribution in [2.45, 2.75) is 13.5 Å². The Kier molecular flexibility index (Phi) is 6.96. The second-order valence-corrected chi connectivity index (χ2v) is 6.71. The summed E-state index contributed by atoms with van der Waals surface area (Å²) in [4.78, 5) is 23.5. The molecule has 0 spiro atoms. The van der Waals surface area contributed by atoms with Crippen LogP contribution in [0.3, 0.4) is 0 Å². The third-order valence-corrected chi connectivity index (χ3v) is 4.37. The first-order valence-electron chi connectivity index (χ1n) is 6.95. The van der Waals surface area contributed by atoms with Gasteiger partial charge in [0, 0.05) is 22.7 Å². The Hall–Kier alpha value is -1.70. The maximum atomic E-state index is 11.8. The largest absolute Gasteiger partial charge is 0.360 e. The second kappa shape index (κ2) is 8.96. The van der Waals surface area contributed by atoms with E-state index in [-0.39, 0.29) is 23.3 Å². The van der Waals surface area contributed by atoms with Gasteiger partial charge in [0.25, 0.3) is 0 Å². The molecule has 0 saturated heterocycles. The number of aromatic nitrogens is 1. The molecule has 2 aromatic rings. The van der Waals surface area contributed by atoms with Crippen molar-refractivity contribution in [3.8, 4) is 0 Å². The summed E-state index contributed by atoms with van der Waals surface area (Å²) < 4.78 is 4.84. The van der Waals surface area contributed by atoms with Crippen LogP contribution in [0.1, 0.15) is 11.3 Å². The fourth-order valence-corrected chi connectivity index (χ4v) is 2.87. The molecule has 2 N–H and O–H groups in total. The van der Waals surface area contributed by atoms with Gasteiger partial charge in [-0.3, -0.25) is 9.59 Å². The van der Waals surface area contributed by atoms with Crippen molar-refractivity contribution in [1.82, 2.24) is 10.5 Å². The Morgan fingerprint density at radius 1 is 1.21 bits per heavy atom. The average molecular weight is 388 g/mol. The van der Waals surface area contributed by atoms with Crippen LogP contribution < -0.4 is 10.6 Å². The van der Waals surface area contributed by atoms with Crippen molar-refractivity contribution >= 4 is 52.6 Å². The van der Waals surface area contributed by atoms with Crippen LogP contribution in [0.5, 0.6) is 0 Å². The quantitative estimate of drug-likeness (QED) is 0.761. The Bertz CT molecular complexity index is 737. The van der Waals surface area contributed by atoms with Gasteiger partial charge in [-0.25, -0.2) is 0 Å². The fourth-order valence-electron chi connectivity index (χ4n) is 1.75. The number of rotatable bonds is 7. The summed E-state index contributed by atoms with van der Waals surface area (Å²) in [5.74, 6) is 0.841. The molecule has 24 heavy (non-hydrogen) atoms. The van der Waals surface area contributed by atoms with Crippen LogP contribution in [-0.4, -0.2) is 28.5 Å². The van der Waals surface area contributed by atoms with Gasteiger partial charge in [0.2, 0.25) is 11.8 Å². The van der Waals surface area contributed by atoms with E-state index < -0.39 is 0 Å². The van der Waals surface area contributed by atoms with Gasteiger partial charge >= 0.3 is 0 Å². The molecule has 6 nitrogen and oxygen atoms in total. The molecular formula is C15H15Cl2N3O3S. The summed E-state index contributed by atoms with van der Waals surface area (Å²) in [6.45, 7) is 2.04. The van der Waals surface area contributed by atoms with Crippen LogP contribution >= 0.6 is 35.0 Å². The molecule has 0 radical (unpaired) electrons. The smallest absolute Gasteiger partial charge is 0.235 e. The van der Waals surface area contributed by atoms with E-state index in [2.05, 4.69) is 15.8 Å². The van der Waals surface area contributed by atoms with Gasteiger partial charge in [-0.05, 0) is 24.6 Å². The summed E-state index contributed by atoms with van der Waals surface area (Å²) in [5.41, 5.74) is 0.776. The lowest BCUT2D eigenvalue weighted by Gasteiger charge is -2.07. The summed E-state index contributed by atoms with van der Waals surface area (Å²) in [6.07, 6.45) is 0. The highest BCUT2D eigenvalue weighted by Gasteiger charge is 2.09. The van der Waals surface area contributed by atoms with Crippen LogP contribution in [0.25, 0.3) is 0 Å². The molecule has 0 aliphatic carbocycles. The lowest BCUT2D eigenvalue weighted by atomic mass is 10.2. The Labute approximate surface area is 153 Å². The van der Waals surface area contributed by atoms with Gasteiger partial charge in [0.15, 0.2) is 5.82 Å². The van der Waals surface area contributed by atoms with Gasteiger partial charge in [0.05, 0.1) is 11.5 Å². The number of aryl methyl sites for hydroxylation is 1. The normalized spacial score (nSPS) is 10.5. The molecule has 0 fully saturated rings. The highest BCUT2D eigenvalue weighted by molar-refractivity contribution is 8.00. The minimum Gasteiger partial charge on any atom is -0.360 e. The third kappa shape index (κ3) is 6.07. The fraction of sp³-hybridized carbons (Fsp3) is 0.267. The molecule has 0 bridgehead atoms. The van der Waals surface area contributed by atoms with E-state index >= 15 is 0 Å². The summed E-state index contributed by atoms with van der Waals surface area (Å²) in [6, 6.07) is 6.70. The van der Waals surface area contributed by atoms with E-state index in [0.29, 0.717) is 28.2 Å². The SMILES string of the molecule is Cc1cc(NC(=O)CSCC(=O)NCc2ccc(Cl)cc2Cl)no1. The minimum atomic E-state index is -0.248. The van der Waals surface area contributed by atoms with E-state index in [1.54, 1.807) is 31.2 Å². The van der Waals surface area contributed by atoms with E-state index in [9.17, 15) is 9.59 Å². The lowest BCUT2D eigenvalue weighted by Crippen LogP contribution is -2.25. The highest BCUT2D eigenvalue weighted by Crippen LogP contribution is 2.20. The first-order valence-corrected chi connectivity index (χ1v) is 8.86. The summed E-state index contributed by atoms with van der Waals surface area (Å²) in [5, 5.41) is 10.0. The molecular weight excluding hydrogens is 373 g/mol. The first-order chi connectivity index (χ1) is 11.4. The maximum absolute atomic E-state index is 11.8. The van der Waals surface area contributed by atoms with Gasteiger partial charge in [-0.2, -0.15) is 0 Å². The number of amides is 2. The van der Waals surface area contributed by atoms with E-state index in [1.807, 2.05) is 0 Å². The third-order valence-electron chi connectivity index (χ3n) is 2.85. The molecule has 0 aliphatic rings. The summed E-state index contributed by atoms with van der Waals surface area (Å²) >= 11 is 13.0. The lowest BCUT2D eigenvalue weighted by molar-refractivity contribution is -0.118. The zero-order valence-electron chi connectivity index (χ0n) is 12.8. The Morgan fingerprint density at radius 3 is 2.62 bits per heavy atom. The van der Waals surface area contributed by atoms with Crippen LogP contribution in [0.2, 0.25) is 10.0 Å². The number of thioether (sulfide) groups is 1. The number of hydrogen-bond acceptors (Lipinski definition) is 5. The maximum Gasteiger partial charge on any atom is 0.235 e. The molecule has 0 unspecified atom stereocenters. The number of nitrogens with zero attached hydrogens (tertiary/aromatic N) is 1. The molecule has 128 valence electrons. The molecule has 0 atom stereocenters. The van der Waals surface area contributed by atoms with Crippen molar-refractivity contribution in [1.29, 1.82) is 0 Å².